The third-order valence-corrected chi connectivity index (χ3v) is 6.39. The summed E-state index contributed by atoms with van der Waals surface area (Å²) in [4.78, 5) is 24.0. The molecular formula is C27H24ClN5O4S. The molecule has 0 unspecified atom stereocenters. The summed E-state index contributed by atoms with van der Waals surface area (Å²) in [6, 6.07) is 21.5. The summed E-state index contributed by atoms with van der Waals surface area (Å²) in [6.45, 7) is 2.50. The standard InChI is InChI=1S/C27H24ClN5O4S/c1-3-37-23-14-12-22(13-15-23)33-25(19-8-10-21(28)11-9-19)31-32-27(33)38-17-24(34)30-29-16-18-4-6-20(7-5-18)26(35)36-2/h4-16H,3,17H2,1-2H3,(H,30,34)/b29-16+. The molecule has 0 fully saturated rings. The van der Waals surface area contributed by atoms with Gasteiger partial charge in [0.05, 0.1) is 31.2 Å². The van der Waals surface area contributed by atoms with Crippen LogP contribution in [-0.2, 0) is 9.53 Å². The van der Waals surface area contributed by atoms with Gasteiger partial charge in [0, 0.05) is 16.3 Å². The van der Waals surface area contributed by atoms with Crippen molar-refractivity contribution in [1.82, 2.24) is 20.2 Å². The molecule has 11 heteroatoms. The Bertz CT molecular complexity index is 1420. The van der Waals surface area contributed by atoms with Crippen LogP contribution in [0.3, 0.4) is 0 Å². The summed E-state index contributed by atoms with van der Waals surface area (Å²) in [6.07, 6.45) is 1.49. The number of halogens is 1. The SMILES string of the molecule is CCOc1ccc(-n2c(SCC(=O)N/N=C/c3ccc(C(=O)OC)cc3)nnc2-c2ccc(Cl)cc2)cc1. The third kappa shape index (κ3) is 6.78. The minimum Gasteiger partial charge on any atom is -0.494 e. The van der Waals surface area contributed by atoms with Gasteiger partial charge in [-0.25, -0.2) is 10.2 Å². The number of carbonyl (C=O) groups excluding carboxylic acids is 2. The molecule has 0 aliphatic carbocycles. The first kappa shape index (κ1) is 26.9. The number of ether oxygens (including phenoxy) is 2. The smallest absolute Gasteiger partial charge is 0.337 e. The molecule has 0 aliphatic rings. The molecule has 4 rings (SSSR count). The van der Waals surface area contributed by atoms with Gasteiger partial charge >= 0.3 is 5.97 Å². The number of thioether (sulfide) groups is 1. The summed E-state index contributed by atoms with van der Waals surface area (Å²) in [5.41, 5.74) is 5.30. The molecule has 1 amide bonds. The fraction of sp³-hybridized carbons (Fsp3) is 0.148. The van der Waals surface area contributed by atoms with E-state index < -0.39 is 5.97 Å². The number of aromatic nitrogens is 3. The molecule has 38 heavy (non-hydrogen) atoms. The topological polar surface area (TPSA) is 108 Å². The van der Waals surface area contributed by atoms with Crippen molar-refractivity contribution in [2.75, 3.05) is 19.5 Å². The fourth-order valence-electron chi connectivity index (χ4n) is 3.40. The van der Waals surface area contributed by atoms with Crippen LogP contribution in [0.4, 0.5) is 0 Å². The molecule has 1 heterocycles. The highest BCUT2D eigenvalue weighted by Gasteiger charge is 2.17. The van der Waals surface area contributed by atoms with Gasteiger partial charge in [0.15, 0.2) is 11.0 Å². The maximum absolute atomic E-state index is 12.5. The van der Waals surface area contributed by atoms with E-state index in [0.29, 0.717) is 33.7 Å². The minimum atomic E-state index is -0.420. The van der Waals surface area contributed by atoms with E-state index in [1.807, 2.05) is 47.9 Å². The van der Waals surface area contributed by atoms with Crippen LogP contribution in [0.2, 0.25) is 5.02 Å². The van der Waals surface area contributed by atoms with E-state index in [2.05, 4.69) is 25.5 Å². The first-order valence-electron chi connectivity index (χ1n) is 11.6. The molecule has 0 aliphatic heterocycles. The summed E-state index contributed by atoms with van der Waals surface area (Å²) in [5.74, 6) is 0.697. The van der Waals surface area contributed by atoms with Crippen molar-refractivity contribution < 1.29 is 19.1 Å². The van der Waals surface area contributed by atoms with Crippen LogP contribution in [0.5, 0.6) is 5.75 Å². The van der Waals surface area contributed by atoms with Crippen LogP contribution in [0.25, 0.3) is 17.1 Å². The van der Waals surface area contributed by atoms with Crippen molar-refractivity contribution >= 4 is 41.5 Å². The van der Waals surface area contributed by atoms with Crippen LogP contribution < -0.4 is 10.2 Å². The Morgan fingerprint density at radius 1 is 1.03 bits per heavy atom. The number of carbonyl (C=O) groups is 2. The Balaban J connectivity index is 1.47. The number of benzene rings is 3. The Kier molecular flexibility index (Phi) is 9.12. The molecule has 3 aromatic carbocycles. The average molecular weight is 550 g/mol. The van der Waals surface area contributed by atoms with Crippen LogP contribution >= 0.6 is 23.4 Å². The van der Waals surface area contributed by atoms with Gasteiger partial charge in [0.25, 0.3) is 5.91 Å². The highest BCUT2D eigenvalue weighted by molar-refractivity contribution is 7.99. The number of amides is 1. The first-order chi connectivity index (χ1) is 18.5. The van der Waals surface area contributed by atoms with Crippen molar-refractivity contribution in [2.24, 2.45) is 5.10 Å². The lowest BCUT2D eigenvalue weighted by Gasteiger charge is -2.11. The molecule has 4 aromatic rings. The van der Waals surface area contributed by atoms with Crippen LogP contribution in [0.15, 0.2) is 83.1 Å². The highest BCUT2D eigenvalue weighted by Crippen LogP contribution is 2.29. The lowest BCUT2D eigenvalue weighted by molar-refractivity contribution is -0.118. The summed E-state index contributed by atoms with van der Waals surface area (Å²) in [5, 5.41) is 13.9. The second kappa shape index (κ2) is 12.9. The van der Waals surface area contributed by atoms with Crippen molar-refractivity contribution in [3.8, 4) is 22.8 Å². The molecule has 0 spiro atoms. The second-order valence-corrected chi connectivity index (χ2v) is 9.15. The van der Waals surface area contributed by atoms with Crippen LogP contribution in [0, 0.1) is 0 Å². The monoisotopic (exact) mass is 549 g/mol. The van der Waals surface area contributed by atoms with Crippen LogP contribution in [-0.4, -0.2) is 52.3 Å². The molecule has 1 N–H and O–H groups in total. The van der Waals surface area contributed by atoms with Gasteiger partial charge in [0.1, 0.15) is 5.75 Å². The number of hydrazone groups is 1. The molecule has 0 saturated carbocycles. The lowest BCUT2D eigenvalue weighted by Crippen LogP contribution is -2.20. The van der Waals surface area contributed by atoms with Crippen molar-refractivity contribution in [1.29, 1.82) is 0 Å². The number of methoxy groups -OCH3 is 1. The van der Waals surface area contributed by atoms with Gasteiger partial charge in [0.2, 0.25) is 0 Å². The molecule has 1 aromatic heterocycles. The van der Waals surface area contributed by atoms with Crippen molar-refractivity contribution in [2.45, 2.75) is 12.1 Å². The predicted octanol–water partition coefficient (Wildman–Crippen LogP) is 5.02. The van der Waals surface area contributed by atoms with Crippen molar-refractivity contribution in [3.63, 3.8) is 0 Å². The number of hydrogen-bond donors (Lipinski definition) is 1. The fourth-order valence-corrected chi connectivity index (χ4v) is 4.27. The molecule has 194 valence electrons. The van der Waals surface area contributed by atoms with Gasteiger partial charge in [-0.15, -0.1) is 10.2 Å². The number of nitrogens with zero attached hydrogens (tertiary/aromatic N) is 4. The molecule has 9 nitrogen and oxygen atoms in total. The number of esters is 1. The molecular weight excluding hydrogens is 526 g/mol. The normalized spacial score (nSPS) is 10.9. The second-order valence-electron chi connectivity index (χ2n) is 7.77. The number of rotatable bonds is 10. The van der Waals surface area contributed by atoms with E-state index in [1.165, 1.54) is 25.1 Å². The maximum atomic E-state index is 12.5. The molecule has 0 radical (unpaired) electrons. The zero-order valence-corrected chi connectivity index (χ0v) is 22.2. The average Bonchev–Trinajstić information content (AvgIpc) is 3.37. The molecule has 0 atom stereocenters. The molecule has 0 saturated heterocycles. The predicted molar refractivity (Wildman–Crippen MR) is 147 cm³/mol. The Morgan fingerprint density at radius 3 is 2.39 bits per heavy atom. The van der Waals surface area contributed by atoms with E-state index in [4.69, 9.17) is 16.3 Å². The van der Waals surface area contributed by atoms with Gasteiger partial charge in [-0.05, 0) is 73.2 Å². The quantitative estimate of drug-likeness (QED) is 0.128. The first-order valence-corrected chi connectivity index (χ1v) is 12.9. The van der Waals surface area contributed by atoms with E-state index in [0.717, 1.165) is 17.0 Å². The van der Waals surface area contributed by atoms with Gasteiger partial charge < -0.3 is 9.47 Å². The van der Waals surface area contributed by atoms with Gasteiger partial charge in [-0.1, -0.05) is 35.5 Å². The molecule has 0 bridgehead atoms. The van der Waals surface area contributed by atoms with E-state index in [-0.39, 0.29) is 11.7 Å². The highest BCUT2D eigenvalue weighted by atomic mass is 35.5. The lowest BCUT2D eigenvalue weighted by atomic mass is 10.1. The van der Waals surface area contributed by atoms with E-state index >= 15 is 0 Å². The number of nitrogens with one attached hydrogen (secondary N) is 1. The van der Waals surface area contributed by atoms with E-state index in [9.17, 15) is 9.59 Å². The third-order valence-electron chi connectivity index (χ3n) is 5.21. The van der Waals surface area contributed by atoms with Crippen molar-refractivity contribution in [3.05, 3.63) is 88.9 Å². The summed E-state index contributed by atoms with van der Waals surface area (Å²) in [7, 11) is 1.32. The largest absolute Gasteiger partial charge is 0.494 e. The summed E-state index contributed by atoms with van der Waals surface area (Å²) < 4.78 is 12.1. The summed E-state index contributed by atoms with van der Waals surface area (Å²) >= 11 is 7.30. The Labute approximate surface area is 228 Å². The zero-order valence-electron chi connectivity index (χ0n) is 20.6. The zero-order chi connectivity index (χ0) is 26.9. The Morgan fingerprint density at radius 2 is 1.74 bits per heavy atom. The maximum Gasteiger partial charge on any atom is 0.337 e. The Hall–Kier alpha value is -4.15. The number of hydrogen-bond acceptors (Lipinski definition) is 8. The minimum absolute atomic E-state index is 0.0639. The van der Waals surface area contributed by atoms with E-state index in [1.54, 1.807) is 36.4 Å². The van der Waals surface area contributed by atoms with Gasteiger partial charge in [-0.2, -0.15) is 5.10 Å². The van der Waals surface area contributed by atoms with Gasteiger partial charge in [-0.3, -0.25) is 9.36 Å². The van der Waals surface area contributed by atoms with Crippen LogP contribution in [0.1, 0.15) is 22.8 Å².